The largest absolute Gasteiger partial charge is 0.339 e. The number of H-pyrrole nitrogens is 1. The Morgan fingerprint density at radius 3 is 2.45 bits per heavy atom. The second kappa shape index (κ2) is 9.82. The fourth-order valence-electron chi connectivity index (χ4n) is 5.51. The van der Waals surface area contributed by atoms with Gasteiger partial charge in [0.2, 0.25) is 5.91 Å². The molecule has 180 valence electrons. The number of thiophene rings is 1. The summed E-state index contributed by atoms with van der Waals surface area (Å²) in [4.78, 5) is 45.1. The topological polar surface area (TPSA) is 75.8 Å². The van der Waals surface area contributed by atoms with Crippen molar-refractivity contribution in [3.8, 4) is 0 Å². The zero-order valence-corrected chi connectivity index (χ0v) is 20.8. The molecule has 0 bridgehead atoms. The van der Waals surface area contributed by atoms with Crippen LogP contribution in [0.25, 0.3) is 10.2 Å². The maximum atomic E-state index is 13.0. The van der Waals surface area contributed by atoms with Crippen molar-refractivity contribution in [2.45, 2.75) is 52.1 Å². The predicted molar refractivity (Wildman–Crippen MR) is 132 cm³/mol. The molecule has 2 saturated heterocycles. The van der Waals surface area contributed by atoms with Crippen LogP contribution < -0.4 is 5.56 Å². The van der Waals surface area contributed by atoms with Gasteiger partial charge in [-0.15, -0.1) is 11.3 Å². The van der Waals surface area contributed by atoms with Gasteiger partial charge < -0.3 is 14.8 Å². The van der Waals surface area contributed by atoms with E-state index in [0.717, 1.165) is 87.8 Å². The van der Waals surface area contributed by atoms with E-state index in [1.54, 1.807) is 11.3 Å². The van der Waals surface area contributed by atoms with Crippen molar-refractivity contribution in [2.75, 3.05) is 58.9 Å². The molecule has 0 spiro atoms. The molecule has 1 N–H and O–H groups in total. The van der Waals surface area contributed by atoms with Crippen LogP contribution in [0.5, 0.6) is 0 Å². The summed E-state index contributed by atoms with van der Waals surface area (Å²) in [7, 11) is 0. The molecule has 33 heavy (non-hydrogen) atoms. The number of aromatic nitrogens is 2. The van der Waals surface area contributed by atoms with E-state index < -0.39 is 0 Å². The maximum Gasteiger partial charge on any atom is 0.259 e. The highest BCUT2D eigenvalue weighted by atomic mass is 32.1. The van der Waals surface area contributed by atoms with Crippen molar-refractivity contribution < 1.29 is 4.79 Å². The molecule has 3 aliphatic rings. The molecule has 1 atom stereocenters. The number of likely N-dealkylation sites (N-methyl/N-ethyl adjacent to an activating group) is 1. The van der Waals surface area contributed by atoms with Crippen molar-refractivity contribution in [1.29, 1.82) is 0 Å². The fourth-order valence-corrected chi connectivity index (χ4v) is 6.79. The normalized spacial score (nSPS) is 21.9. The molecule has 0 saturated carbocycles. The highest BCUT2D eigenvalue weighted by Gasteiger charge is 2.30. The van der Waals surface area contributed by atoms with Crippen LogP contribution in [0.15, 0.2) is 4.79 Å². The van der Waals surface area contributed by atoms with Crippen LogP contribution >= 0.6 is 11.3 Å². The van der Waals surface area contributed by atoms with Crippen molar-refractivity contribution in [3.05, 3.63) is 26.6 Å². The molecule has 2 aromatic rings. The van der Waals surface area contributed by atoms with E-state index in [1.165, 1.54) is 23.3 Å². The lowest BCUT2D eigenvalue weighted by Gasteiger charge is -2.40. The lowest BCUT2D eigenvalue weighted by Crippen LogP contribution is -2.57. The molecule has 2 fully saturated rings. The number of nitrogens with zero attached hydrogens (tertiary/aromatic N) is 5. The average Bonchev–Trinajstić information content (AvgIpc) is 3.22. The van der Waals surface area contributed by atoms with Crippen molar-refractivity contribution >= 4 is 27.5 Å². The Morgan fingerprint density at radius 2 is 1.73 bits per heavy atom. The summed E-state index contributed by atoms with van der Waals surface area (Å²) in [6.07, 6.45) is 4.47. The van der Waals surface area contributed by atoms with Crippen molar-refractivity contribution in [2.24, 2.45) is 0 Å². The first kappa shape index (κ1) is 23.0. The maximum absolute atomic E-state index is 13.0. The molecular formula is C24H36N6O2S. The minimum atomic E-state index is -0.0768. The highest BCUT2D eigenvalue weighted by molar-refractivity contribution is 7.18. The molecule has 2 aliphatic heterocycles. The molecule has 9 heteroatoms. The van der Waals surface area contributed by atoms with Crippen LogP contribution in [0.3, 0.4) is 0 Å². The highest BCUT2D eigenvalue weighted by Crippen LogP contribution is 2.33. The Morgan fingerprint density at radius 1 is 1.03 bits per heavy atom. The zero-order chi connectivity index (χ0) is 22.9. The number of fused-ring (bicyclic) bond motifs is 3. The number of nitrogens with one attached hydrogen (secondary N) is 1. The Bertz CT molecular complexity index is 1050. The first-order valence-corrected chi connectivity index (χ1v) is 13.4. The lowest BCUT2D eigenvalue weighted by molar-refractivity contribution is -0.138. The number of aryl methyl sites for hydroxylation is 2. The average molecular weight is 473 g/mol. The Hall–Kier alpha value is -1.81. The van der Waals surface area contributed by atoms with Gasteiger partial charge in [-0.3, -0.25) is 19.4 Å². The molecule has 1 amide bonds. The van der Waals surface area contributed by atoms with Gasteiger partial charge in [-0.05, 0) is 44.7 Å². The summed E-state index contributed by atoms with van der Waals surface area (Å²) in [6, 6.07) is -0.0768. The van der Waals surface area contributed by atoms with Crippen LogP contribution in [0, 0.1) is 0 Å². The van der Waals surface area contributed by atoms with E-state index in [9.17, 15) is 9.59 Å². The summed E-state index contributed by atoms with van der Waals surface area (Å²) in [5, 5.41) is 0.829. The second-order valence-electron chi connectivity index (χ2n) is 9.65. The summed E-state index contributed by atoms with van der Waals surface area (Å²) in [6.45, 7) is 13.1. The monoisotopic (exact) mass is 472 g/mol. The van der Waals surface area contributed by atoms with Crippen LogP contribution in [0.4, 0.5) is 0 Å². The smallest absolute Gasteiger partial charge is 0.259 e. The Balaban J connectivity index is 1.17. The van der Waals surface area contributed by atoms with Crippen LogP contribution in [-0.2, 0) is 24.2 Å². The quantitative estimate of drug-likeness (QED) is 0.712. The predicted octanol–water partition coefficient (Wildman–Crippen LogP) is 1.53. The van der Waals surface area contributed by atoms with Crippen LogP contribution in [-0.4, -0.2) is 100 Å². The Kier molecular flexibility index (Phi) is 6.83. The van der Waals surface area contributed by atoms with Gasteiger partial charge in [-0.2, -0.15) is 0 Å². The van der Waals surface area contributed by atoms with Crippen LogP contribution in [0.2, 0.25) is 0 Å². The van der Waals surface area contributed by atoms with Gasteiger partial charge in [0.1, 0.15) is 10.7 Å². The molecular weight excluding hydrogens is 436 g/mol. The molecule has 1 aliphatic carbocycles. The first-order chi connectivity index (χ1) is 16.0. The minimum Gasteiger partial charge on any atom is -0.339 e. The Labute approximate surface area is 199 Å². The van der Waals surface area contributed by atoms with Gasteiger partial charge >= 0.3 is 0 Å². The molecule has 8 nitrogen and oxygen atoms in total. The van der Waals surface area contributed by atoms with Gasteiger partial charge in [-0.1, -0.05) is 6.92 Å². The summed E-state index contributed by atoms with van der Waals surface area (Å²) < 4.78 is 0. The van der Waals surface area contributed by atoms with Crippen LogP contribution in [0.1, 0.15) is 43.0 Å². The SMILES string of the molecule is CCN1CCN(C(=O)C(C)N2CCN(Cc3nc4sc5c(c4c(=O)[nH]3)CCCC5)CC2)CC1. The zero-order valence-electron chi connectivity index (χ0n) is 19.9. The third-order valence-electron chi connectivity index (χ3n) is 7.69. The molecule has 1 unspecified atom stereocenters. The fraction of sp³-hybridized carbons (Fsp3) is 0.708. The number of hydrogen-bond donors (Lipinski definition) is 1. The van der Waals surface area contributed by atoms with E-state index in [-0.39, 0.29) is 17.5 Å². The van der Waals surface area contributed by atoms with Gasteiger partial charge in [0.25, 0.3) is 5.56 Å². The summed E-state index contributed by atoms with van der Waals surface area (Å²) in [5.41, 5.74) is 1.26. The molecule has 0 aromatic carbocycles. The number of amides is 1. The number of aromatic amines is 1. The number of carbonyl (C=O) groups excluding carboxylic acids is 1. The van der Waals surface area contributed by atoms with Gasteiger partial charge in [0.15, 0.2) is 0 Å². The summed E-state index contributed by atoms with van der Waals surface area (Å²) >= 11 is 1.71. The molecule has 0 radical (unpaired) electrons. The minimum absolute atomic E-state index is 0.0235. The van der Waals surface area contributed by atoms with E-state index in [4.69, 9.17) is 4.98 Å². The molecule has 5 rings (SSSR count). The third-order valence-corrected chi connectivity index (χ3v) is 8.88. The number of hydrogen-bond acceptors (Lipinski definition) is 7. The third kappa shape index (κ3) is 4.73. The number of rotatable bonds is 5. The molecule has 2 aromatic heterocycles. The van der Waals surface area contributed by atoms with Crippen molar-refractivity contribution in [1.82, 2.24) is 29.6 Å². The molecule has 4 heterocycles. The van der Waals surface area contributed by atoms with Gasteiger partial charge in [0, 0.05) is 57.2 Å². The van der Waals surface area contributed by atoms with E-state index in [0.29, 0.717) is 6.54 Å². The van der Waals surface area contributed by atoms with E-state index >= 15 is 0 Å². The van der Waals surface area contributed by atoms with E-state index in [1.807, 2.05) is 4.90 Å². The standard InChI is InChI=1S/C24H36N6O2S/c1-3-27-8-14-30(15-9-27)24(32)17(2)29-12-10-28(11-13-29)16-20-25-22(31)21-18-6-4-5-7-19(18)33-23(21)26-20/h17H,3-16H2,1-2H3,(H,25,26,31). The van der Waals surface area contributed by atoms with Gasteiger partial charge in [0.05, 0.1) is 18.0 Å². The lowest BCUT2D eigenvalue weighted by atomic mass is 9.97. The van der Waals surface area contributed by atoms with Gasteiger partial charge in [-0.25, -0.2) is 4.98 Å². The first-order valence-electron chi connectivity index (χ1n) is 12.5. The summed E-state index contributed by atoms with van der Waals surface area (Å²) in [5.74, 6) is 1.02. The second-order valence-corrected chi connectivity index (χ2v) is 10.7. The van der Waals surface area contributed by atoms with Crippen molar-refractivity contribution in [3.63, 3.8) is 0 Å². The number of piperazine rings is 2. The number of carbonyl (C=O) groups is 1. The van der Waals surface area contributed by atoms with E-state index in [2.05, 4.69) is 33.5 Å².